The molecule has 3 aromatic rings. The van der Waals surface area contributed by atoms with Gasteiger partial charge in [-0.3, -0.25) is 5.43 Å². The van der Waals surface area contributed by atoms with Crippen molar-refractivity contribution in [2.45, 2.75) is 6.92 Å². The van der Waals surface area contributed by atoms with Crippen molar-refractivity contribution in [1.29, 1.82) is 0 Å². The minimum Gasteiger partial charge on any atom is -0.253 e. The van der Waals surface area contributed by atoms with Crippen LogP contribution in [0.15, 0.2) is 52.9 Å². The van der Waals surface area contributed by atoms with Gasteiger partial charge in [0.1, 0.15) is 0 Å². The molecule has 0 amide bonds. The number of hydrogen-bond donors (Lipinski definition) is 1. The van der Waals surface area contributed by atoms with E-state index in [1.807, 2.05) is 5.38 Å². The number of aromatic nitrogens is 1. The standard InChI is InChI=1S/C17H13Cl2N3S/c1-11-5-7-12(8-6-11)16-10-23-17(21-16)22-20-9-13-14(18)3-2-4-15(13)19/h2-10H,1H3,(H,21,22)/b20-9-. The highest BCUT2D eigenvalue weighted by Crippen LogP contribution is 2.25. The van der Waals surface area contributed by atoms with Crippen molar-refractivity contribution >= 4 is 45.9 Å². The van der Waals surface area contributed by atoms with Crippen LogP contribution in [0.3, 0.4) is 0 Å². The molecule has 0 unspecified atom stereocenters. The van der Waals surface area contributed by atoms with Gasteiger partial charge in [0.2, 0.25) is 5.13 Å². The van der Waals surface area contributed by atoms with E-state index in [1.54, 1.807) is 24.4 Å². The summed E-state index contributed by atoms with van der Waals surface area (Å²) in [6, 6.07) is 13.6. The van der Waals surface area contributed by atoms with Gasteiger partial charge in [0.05, 0.1) is 22.0 Å². The molecule has 0 saturated heterocycles. The zero-order chi connectivity index (χ0) is 16.2. The highest BCUT2D eigenvalue weighted by atomic mass is 35.5. The topological polar surface area (TPSA) is 37.3 Å². The second kappa shape index (κ2) is 7.13. The third-order valence-electron chi connectivity index (χ3n) is 3.21. The number of aryl methyl sites for hydroxylation is 1. The maximum atomic E-state index is 6.09. The van der Waals surface area contributed by atoms with Gasteiger partial charge in [0.25, 0.3) is 0 Å². The lowest BCUT2D eigenvalue weighted by Gasteiger charge is -2.00. The van der Waals surface area contributed by atoms with Gasteiger partial charge in [-0.25, -0.2) is 4.98 Å². The largest absolute Gasteiger partial charge is 0.253 e. The summed E-state index contributed by atoms with van der Waals surface area (Å²) in [5.41, 5.74) is 6.81. The van der Waals surface area contributed by atoms with Crippen LogP contribution in [0.25, 0.3) is 11.3 Å². The van der Waals surface area contributed by atoms with Crippen molar-refractivity contribution in [3.8, 4) is 11.3 Å². The summed E-state index contributed by atoms with van der Waals surface area (Å²) in [4.78, 5) is 4.51. The highest BCUT2D eigenvalue weighted by molar-refractivity contribution is 7.14. The maximum absolute atomic E-state index is 6.09. The van der Waals surface area contributed by atoms with Gasteiger partial charge in [0.15, 0.2) is 0 Å². The maximum Gasteiger partial charge on any atom is 0.203 e. The normalized spacial score (nSPS) is 11.1. The van der Waals surface area contributed by atoms with E-state index < -0.39 is 0 Å². The SMILES string of the molecule is Cc1ccc(-c2csc(N/N=C\c3c(Cl)cccc3Cl)n2)cc1. The zero-order valence-corrected chi connectivity index (χ0v) is 14.6. The van der Waals surface area contributed by atoms with Crippen LogP contribution in [0.5, 0.6) is 0 Å². The molecule has 0 atom stereocenters. The van der Waals surface area contributed by atoms with E-state index in [1.165, 1.54) is 16.9 Å². The Hall–Kier alpha value is -1.88. The van der Waals surface area contributed by atoms with Crippen LogP contribution < -0.4 is 5.43 Å². The van der Waals surface area contributed by atoms with Gasteiger partial charge in [-0.15, -0.1) is 11.3 Å². The van der Waals surface area contributed by atoms with E-state index in [9.17, 15) is 0 Å². The van der Waals surface area contributed by atoms with E-state index in [-0.39, 0.29) is 0 Å². The van der Waals surface area contributed by atoms with Crippen LogP contribution in [0, 0.1) is 6.92 Å². The molecule has 116 valence electrons. The number of hydrogen-bond acceptors (Lipinski definition) is 4. The Balaban J connectivity index is 1.72. The molecule has 0 fully saturated rings. The molecule has 0 aliphatic carbocycles. The molecule has 0 aliphatic rings. The summed E-state index contributed by atoms with van der Waals surface area (Å²) in [6.07, 6.45) is 1.59. The van der Waals surface area contributed by atoms with Crippen molar-refractivity contribution in [2.24, 2.45) is 5.10 Å². The van der Waals surface area contributed by atoms with Crippen LogP contribution in [0.2, 0.25) is 10.0 Å². The summed E-state index contributed by atoms with van der Waals surface area (Å²) < 4.78 is 0. The first-order valence-corrected chi connectivity index (χ1v) is 8.53. The molecule has 0 saturated carbocycles. The van der Waals surface area contributed by atoms with Gasteiger partial charge in [0, 0.05) is 16.5 Å². The number of anilines is 1. The van der Waals surface area contributed by atoms with E-state index in [0.717, 1.165) is 11.3 Å². The molecule has 1 N–H and O–H groups in total. The first-order valence-electron chi connectivity index (χ1n) is 6.89. The van der Waals surface area contributed by atoms with Gasteiger partial charge in [-0.05, 0) is 19.1 Å². The number of thiazole rings is 1. The van der Waals surface area contributed by atoms with Crippen molar-refractivity contribution < 1.29 is 0 Å². The summed E-state index contributed by atoms with van der Waals surface area (Å²) in [5.74, 6) is 0. The molecule has 1 aromatic heterocycles. The fourth-order valence-electron chi connectivity index (χ4n) is 1.97. The van der Waals surface area contributed by atoms with Crippen LogP contribution >= 0.6 is 34.5 Å². The monoisotopic (exact) mass is 361 g/mol. The minimum atomic E-state index is 0.558. The van der Waals surface area contributed by atoms with Gasteiger partial charge in [-0.1, -0.05) is 59.1 Å². The highest BCUT2D eigenvalue weighted by Gasteiger charge is 2.04. The molecule has 0 aliphatic heterocycles. The van der Waals surface area contributed by atoms with E-state index >= 15 is 0 Å². The number of rotatable bonds is 4. The van der Waals surface area contributed by atoms with Gasteiger partial charge >= 0.3 is 0 Å². The summed E-state index contributed by atoms with van der Waals surface area (Å²) in [6.45, 7) is 2.06. The van der Waals surface area contributed by atoms with Crippen molar-refractivity contribution in [3.63, 3.8) is 0 Å². The molecular weight excluding hydrogens is 349 g/mol. The van der Waals surface area contributed by atoms with Crippen molar-refractivity contribution in [2.75, 3.05) is 5.43 Å². The number of benzene rings is 2. The Kier molecular flexibility index (Phi) is 4.96. The molecule has 3 rings (SSSR count). The van der Waals surface area contributed by atoms with Crippen LogP contribution in [0.4, 0.5) is 5.13 Å². The Morgan fingerprint density at radius 2 is 1.78 bits per heavy atom. The molecule has 6 heteroatoms. The quantitative estimate of drug-likeness (QED) is 0.465. The molecule has 0 spiro atoms. The molecule has 1 heterocycles. The fraction of sp³-hybridized carbons (Fsp3) is 0.0588. The van der Waals surface area contributed by atoms with Crippen molar-refractivity contribution in [1.82, 2.24) is 4.98 Å². The third kappa shape index (κ3) is 3.91. The first kappa shape index (κ1) is 16.0. The van der Waals surface area contributed by atoms with Crippen LogP contribution in [-0.4, -0.2) is 11.2 Å². The number of nitrogens with one attached hydrogen (secondary N) is 1. The number of halogens is 2. The average Bonchev–Trinajstić information content (AvgIpc) is 3.00. The van der Waals surface area contributed by atoms with Gasteiger partial charge < -0.3 is 0 Å². The zero-order valence-electron chi connectivity index (χ0n) is 12.3. The molecule has 0 radical (unpaired) electrons. The second-order valence-corrected chi connectivity index (χ2v) is 6.58. The molecular formula is C17H13Cl2N3S. The molecule has 0 bridgehead atoms. The second-order valence-electron chi connectivity index (χ2n) is 4.91. The Morgan fingerprint density at radius 3 is 2.48 bits per heavy atom. The lowest BCUT2D eigenvalue weighted by molar-refractivity contribution is 1.29. The van der Waals surface area contributed by atoms with E-state index in [4.69, 9.17) is 23.2 Å². The molecule has 23 heavy (non-hydrogen) atoms. The van der Waals surface area contributed by atoms with Gasteiger partial charge in [-0.2, -0.15) is 5.10 Å². The predicted octanol–water partition coefficient (Wildman–Crippen LogP) is 5.87. The lowest BCUT2D eigenvalue weighted by Crippen LogP contribution is -1.91. The minimum absolute atomic E-state index is 0.558. The predicted molar refractivity (Wildman–Crippen MR) is 100.0 cm³/mol. The number of nitrogens with zero attached hydrogens (tertiary/aromatic N) is 2. The first-order chi connectivity index (χ1) is 11.1. The smallest absolute Gasteiger partial charge is 0.203 e. The molecule has 3 nitrogen and oxygen atoms in total. The average molecular weight is 362 g/mol. The summed E-state index contributed by atoms with van der Waals surface area (Å²) in [7, 11) is 0. The molecule has 2 aromatic carbocycles. The van der Waals surface area contributed by atoms with Crippen molar-refractivity contribution in [3.05, 3.63) is 69.0 Å². The summed E-state index contributed by atoms with van der Waals surface area (Å²) >= 11 is 13.7. The lowest BCUT2D eigenvalue weighted by atomic mass is 10.1. The Morgan fingerprint density at radius 1 is 1.09 bits per heavy atom. The fourth-order valence-corrected chi connectivity index (χ4v) is 3.13. The Labute approximate surface area is 148 Å². The van der Waals surface area contributed by atoms with E-state index in [2.05, 4.69) is 46.7 Å². The number of hydrazone groups is 1. The van der Waals surface area contributed by atoms with Crippen LogP contribution in [0.1, 0.15) is 11.1 Å². The Bertz CT molecular complexity index is 821. The van der Waals surface area contributed by atoms with Crippen LogP contribution in [-0.2, 0) is 0 Å². The third-order valence-corrected chi connectivity index (χ3v) is 4.61. The van der Waals surface area contributed by atoms with E-state index in [0.29, 0.717) is 20.7 Å². The summed E-state index contributed by atoms with van der Waals surface area (Å²) in [5, 5.41) is 7.97.